The first kappa shape index (κ1) is 12.6. The number of carboxylic acids is 1. The second-order valence-corrected chi connectivity index (χ2v) is 5.96. The largest absolute Gasteiger partial charge is 0.480 e. The smallest absolute Gasteiger partial charge is 0.317 e. The fourth-order valence-electron chi connectivity index (χ4n) is 2.67. The van der Waals surface area contributed by atoms with Gasteiger partial charge >= 0.3 is 5.97 Å². The Hall–Kier alpha value is -1.46. The fourth-order valence-corrected chi connectivity index (χ4v) is 3.80. The molecule has 1 aromatic heterocycles. The first-order valence-corrected chi connectivity index (χ1v) is 7.37. The van der Waals surface area contributed by atoms with Crippen LogP contribution in [0.15, 0.2) is 24.3 Å². The van der Waals surface area contributed by atoms with E-state index in [-0.39, 0.29) is 12.6 Å². The predicted molar refractivity (Wildman–Crippen MR) is 75.4 cm³/mol. The topological polar surface area (TPSA) is 53.4 Å². The minimum absolute atomic E-state index is 0.112. The van der Waals surface area contributed by atoms with E-state index in [1.165, 1.54) is 4.70 Å². The van der Waals surface area contributed by atoms with Gasteiger partial charge in [-0.3, -0.25) is 9.69 Å². The van der Waals surface area contributed by atoms with Crippen LogP contribution in [0.4, 0.5) is 0 Å². The molecule has 0 unspecified atom stereocenters. The molecule has 19 heavy (non-hydrogen) atoms. The lowest BCUT2D eigenvalue weighted by atomic mass is 10.0. The second-order valence-electron chi connectivity index (χ2n) is 4.90. The molecule has 1 aliphatic heterocycles. The number of carbonyl (C=O) groups is 1. The molecule has 0 saturated carbocycles. The van der Waals surface area contributed by atoms with Crippen molar-refractivity contribution in [2.75, 3.05) is 13.1 Å². The van der Waals surface area contributed by atoms with Gasteiger partial charge in [-0.05, 0) is 31.5 Å². The summed E-state index contributed by atoms with van der Waals surface area (Å²) in [6.07, 6.45) is 3.23. The highest BCUT2D eigenvalue weighted by Gasteiger charge is 2.27. The van der Waals surface area contributed by atoms with Crippen LogP contribution in [0.25, 0.3) is 10.2 Å². The quantitative estimate of drug-likeness (QED) is 0.936. The molecule has 0 bridgehead atoms. The number of benzene rings is 1. The highest BCUT2D eigenvalue weighted by Crippen LogP contribution is 2.35. The minimum Gasteiger partial charge on any atom is -0.480 e. The SMILES string of the molecule is O=C(O)CN1CCCC[C@H]1c1nc2ccccc2s1. The van der Waals surface area contributed by atoms with Crippen molar-refractivity contribution >= 4 is 27.5 Å². The molecule has 100 valence electrons. The van der Waals surface area contributed by atoms with Crippen molar-refractivity contribution in [1.82, 2.24) is 9.88 Å². The normalized spacial score (nSPS) is 20.7. The number of rotatable bonds is 3. The Labute approximate surface area is 115 Å². The zero-order chi connectivity index (χ0) is 13.2. The van der Waals surface area contributed by atoms with Crippen molar-refractivity contribution in [2.45, 2.75) is 25.3 Å². The fraction of sp³-hybridized carbons (Fsp3) is 0.429. The lowest BCUT2D eigenvalue weighted by molar-refractivity contribution is -0.139. The summed E-state index contributed by atoms with van der Waals surface area (Å²) in [5.41, 5.74) is 1.02. The Morgan fingerprint density at radius 3 is 3.05 bits per heavy atom. The van der Waals surface area contributed by atoms with Crippen LogP contribution in [0.3, 0.4) is 0 Å². The van der Waals surface area contributed by atoms with Gasteiger partial charge in [0, 0.05) is 0 Å². The number of aliphatic carboxylic acids is 1. The average molecular weight is 276 g/mol. The molecule has 1 saturated heterocycles. The maximum atomic E-state index is 11.0. The monoisotopic (exact) mass is 276 g/mol. The Balaban J connectivity index is 1.91. The maximum Gasteiger partial charge on any atom is 0.317 e. The van der Waals surface area contributed by atoms with E-state index in [0.717, 1.165) is 36.3 Å². The summed E-state index contributed by atoms with van der Waals surface area (Å²) >= 11 is 1.69. The van der Waals surface area contributed by atoms with Crippen molar-refractivity contribution in [3.63, 3.8) is 0 Å². The number of piperidine rings is 1. The van der Waals surface area contributed by atoms with Crippen LogP contribution < -0.4 is 0 Å². The van der Waals surface area contributed by atoms with Crippen LogP contribution >= 0.6 is 11.3 Å². The second kappa shape index (κ2) is 5.27. The van der Waals surface area contributed by atoms with Gasteiger partial charge in [0.15, 0.2) is 0 Å². The molecule has 1 aliphatic rings. The van der Waals surface area contributed by atoms with Crippen LogP contribution in [-0.2, 0) is 4.79 Å². The third kappa shape index (κ3) is 2.62. The molecular formula is C14H16N2O2S. The summed E-state index contributed by atoms with van der Waals surface area (Å²) in [7, 11) is 0. The Kier molecular flexibility index (Phi) is 3.48. The molecule has 0 radical (unpaired) electrons. The number of aromatic nitrogens is 1. The number of likely N-dealkylation sites (tertiary alicyclic amines) is 1. The Morgan fingerprint density at radius 1 is 1.42 bits per heavy atom. The molecular weight excluding hydrogens is 260 g/mol. The number of hydrogen-bond donors (Lipinski definition) is 1. The van der Waals surface area contributed by atoms with Crippen molar-refractivity contribution in [2.24, 2.45) is 0 Å². The first-order valence-electron chi connectivity index (χ1n) is 6.55. The summed E-state index contributed by atoms with van der Waals surface area (Å²) in [6.45, 7) is 0.966. The van der Waals surface area contributed by atoms with E-state index in [1.807, 2.05) is 23.1 Å². The number of carboxylic acid groups (broad SMARTS) is 1. The van der Waals surface area contributed by atoms with E-state index in [1.54, 1.807) is 11.3 Å². The molecule has 1 aromatic carbocycles. The zero-order valence-corrected chi connectivity index (χ0v) is 11.4. The maximum absolute atomic E-state index is 11.0. The van der Waals surface area contributed by atoms with Crippen LogP contribution in [0.2, 0.25) is 0 Å². The Bertz CT molecular complexity index is 563. The van der Waals surface area contributed by atoms with Crippen LogP contribution in [0.1, 0.15) is 30.3 Å². The van der Waals surface area contributed by atoms with Gasteiger partial charge in [0.1, 0.15) is 5.01 Å². The van der Waals surface area contributed by atoms with Gasteiger partial charge in [-0.1, -0.05) is 18.6 Å². The third-order valence-corrected chi connectivity index (χ3v) is 4.69. The molecule has 0 spiro atoms. The summed E-state index contributed by atoms with van der Waals surface area (Å²) in [5.74, 6) is -0.756. The van der Waals surface area contributed by atoms with E-state index < -0.39 is 5.97 Å². The molecule has 4 nitrogen and oxygen atoms in total. The summed E-state index contributed by atoms with van der Waals surface area (Å²) < 4.78 is 1.18. The summed E-state index contributed by atoms with van der Waals surface area (Å²) in [6, 6.07) is 8.25. The molecule has 2 heterocycles. The number of thiazole rings is 1. The van der Waals surface area contributed by atoms with Gasteiger partial charge in [0.05, 0.1) is 22.8 Å². The van der Waals surface area contributed by atoms with Crippen molar-refractivity contribution in [1.29, 1.82) is 0 Å². The number of para-hydroxylation sites is 1. The van der Waals surface area contributed by atoms with Gasteiger partial charge in [-0.15, -0.1) is 11.3 Å². The van der Waals surface area contributed by atoms with Gasteiger partial charge < -0.3 is 5.11 Å². The van der Waals surface area contributed by atoms with E-state index in [4.69, 9.17) is 5.11 Å². The Morgan fingerprint density at radius 2 is 2.26 bits per heavy atom. The summed E-state index contributed by atoms with van der Waals surface area (Å²) in [5, 5.41) is 10.1. The van der Waals surface area contributed by atoms with E-state index in [0.29, 0.717) is 0 Å². The summed E-state index contributed by atoms with van der Waals surface area (Å²) in [4.78, 5) is 17.7. The van der Waals surface area contributed by atoms with Crippen molar-refractivity contribution in [3.8, 4) is 0 Å². The van der Waals surface area contributed by atoms with Gasteiger partial charge in [-0.25, -0.2) is 4.98 Å². The molecule has 0 amide bonds. The highest BCUT2D eigenvalue weighted by molar-refractivity contribution is 7.18. The molecule has 1 fully saturated rings. The molecule has 0 aliphatic carbocycles. The highest BCUT2D eigenvalue weighted by atomic mass is 32.1. The van der Waals surface area contributed by atoms with Gasteiger partial charge in [0.2, 0.25) is 0 Å². The lowest BCUT2D eigenvalue weighted by Crippen LogP contribution is -2.37. The van der Waals surface area contributed by atoms with Gasteiger partial charge in [0.25, 0.3) is 0 Å². The van der Waals surface area contributed by atoms with E-state index >= 15 is 0 Å². The number of fused-ring (bicyclic) bond motifs is 1. The molecule has 2 aromatic rings. The van der Waals surface area contributed by atoms with E-state index in [2.05, 4.69) is 11.1 Å². The molecule has 1 N–H and O–H groups in total. The average Bonchev–Trinajstić information content (AvgIpc) is 2.82. The molecule has 1 atom stereocenters. The minimum atomic E-state index is -0.756. The van der Waals surface area contributed by atoms with Crippen LogP contribution in [0.5, 0.6) is 0 Å². The predicted octanol–water partition coefficient (Wildman–Crippen LogP) is 2.91. The molecule has 3 rings (SSSR count). The standard InChI is InChI=1S/C14H16N2O2S/c17-13(18)9-16-8-4-3-6-11(16)14-15-10-5-1-2-7-12(10)19-14/h1-2,5,7,11H,3-4,6,8-9H2,(H,17,18)/t11-/m0/s1. The third-order valence-electron chi connectivity index (χ3n) is 3.55. The van der Waals surface area contributed by atoms with Gasteiger partial charge in [-0.2, -0.15) is 0 Å². The lowest BCUT2D eigenvalue weighted by Gasteiger charge is -2.32. The van der Waals surface area contributed by atoms with Crippen LogP contribution in [-0.4, -0.2) is 34.0 Å². The first-order chi connectivity index (χ1) is 9.24. The molecule has 5 heteroatoms. The number of hydrogen-bond acceptors (Lipinski definition) is 4. The zero-order valence-electron chi connectivity index (χ0n) is 10.6. The van der Waals surface area contributed by atoms with Crippen molar-refractivity contribution < 1.29 is 9.90 Å². The van der Waals surface area contributed by atoms with Crippen LogP contribution in [0, 0.1) is 0 Å². The van der Waals surface area contributed by atoms with Crippen molar-refractivity contribution in [3.05, 3.63) is 29.3 Å². The van der Waals surface area contributed by atoms with E-state index in [9.17, 15) is 4.79 Å². The number of nitrogens with zero attached hydrogens (tertiary/aromatic N) is 2.